The van der Waals surface area contributed by atoms with Crippen molar-refractivity contribution in [3.05, 3.63) is 0 Å². The Labute approximate surface area is 90.8 Å². The first kappa shape index (κ1) is 9.64. The van der Waals surface area contributed by atoms with Crippen LogP contribution in [-0.4, -0.2) is 35.1 Å². The molecule has 0 aromatic rings. The predicted octanol–water partition coefficient (Wildman–Crippen LogP) is 1.71. The first-order valence-electron chi connectivity index (χ1n) is 6.09. The maximum Gasteiger partial charge on any atom is 0.219 e. The van der Waals surface area contributed by atoms with Gasteiger partial charge in [0.15, 0.2) is 0 Å². The molecule has 0 radical (unpaired) electrons. The van der Waals surface area contributed by atoms with Crippen molar-refractivity contribution in [3.63, 3.8) is 0 Å². The van der Waals surface area contributed by atoms with E-state index in [4.69, 9.17) is 4.74 Å². The molecule has 1 amide bonds. The van der Waals surface area contributed by atoms with E-state index in [1.165, 1.54) is 12.8 Å². The number of carbonyl (C=O) groups excluding carboxylic acids is 1. The van der Waals surface area contributed by atoms with Crippen molar-refractivity contribution in [2.24, 2.45) is 0 Å². The highest BCUT2D eigenvalue weighted by Crippen LogP contribution is 2.49. The molecular weight excluding hydrogens is 190 g/mol. The van der Waals surface area contributed by atoms with Gasteiger partial charge in [0.05, 0.1) is 11.2 Å². The topological polar surface area (TPSA) is 29.5 Å². The Kier molecular flexibility index (Phi) is 1.91. The third-order valence-electron chi connectivity index (χ3n) is 4.37. The number of morpholine rings is 1. The minimum absolute atomic E-state index is 0.0460. The second kappa shape index (κ2) is 2.97. The Morgan fingerprint density at radius 1 is 1.07 bits per heavy atom. The van der Waals surface area contributed by atoms with Crippen molar-refractivity contribution in [2.45, 2.75) is 56.7 Å². The van der Waals surface area contributed by atoms with Gasteiger partial charge in [0, 0.05) is 20.0 Å². The fourth-order valence-corrected chi connectivity index (χ4v) is 3.16. The zero-order chi connectivity index (χ0) is 10.5. The molecule has 1 saturated heterocycles. The highest BCUT2D eigenvalue weighted by molar-refractivity contribution is 5.73. The van der Waals surface area contributed by atoms with Crippen LogP contribution >= 0.6 is 0 Å². The van der Waals surface area contributed by atoms with Gasteiger partial charge in [-0.1, -0.05) is 0 Å². The van der Waals surface area contributed by atoms with Crippen LogP contribution in [0.2, 0.25) is 0 Å². The van der Waals surface area contributed by atoms with Gasteiger partial charge in [-0.15, -0.1) is 0 Å². The van der Waals surface area contributed by atoms with E-state index in [0.717, 1.165) is 38.8 Å². The summed E-state index contributed by atoms with van der Waals surface area (Å²) >= 11 is 0. The van der Waals surface area contributed by atoms with Crippen molar-refractivity contribution in [2.75, 3.05) is 13.1 Å². The summed E-state index contributed by atoms with van der Waals surface area (Å²) in [5.74, 6) is 0.218. The molecule has 3 rings (SSSR count). The maximum atomic E-state index is 11.5. The minimum Gasteiger partial charge on any atom is -0.365 e. The van der Waals surface area contributed by atoms with Crippen LogP contribution in [0.1, 0.15) is 45.4 Å². The van der Waals surface area contributed by atoms with Crippen molar-refractivity contribution in [1.82, 2.24) is 4.90 Å². The first-order chi connectivity index (χ1) is 7.13. The lowest BCUT2D eigenvalue weighted by molar-refractivity contribution is -0.261. The molecule has 15 heavy (non-hydrogen) atoms. The second-order valence-corrected chi connectivity index (χ2v) is 5.55. The van der Waals surface area contributed by atoms with Crippen molar-refractivity contribution in [1.29, 1.82) is 0 Å². The van der Waals surface area contributed by atoms with E-state index in [0.29, 0.717) is 0 Å². The van der Waals surface area contributed by atoms with Gasteiger partial charge in [-0.2, -0.15) is 0 Å². The Bertz CT molecular complexity index is 270. The largest absolute Gasteiger partial charge is 0.365 e. The van der Waals surface area contributed by atoms with Crippen LogP contribution in [0.3, 0.4) is 0 Å². The van der Waals surface area contributed by atoms with E-state index in [1.807, 2.05) is 4.90 Å². The third-order valence-corrected chi connectivity index (χ3v) is 4.37. The fourth-order valence-electron chi connectivity index (χ4n) is 3.16. The van der Waals surface area contributed by atoms with E-state index < -0.39 is 0 Å². The van der Waals surface area contributed by atoms with E-state index in [-0.39, 0.29) is 17.1 Å². The summed E-state index contributed by atoms with van der Waals surface area (Å²) in [6.45, 7) is 3.36. The summed E-state index contributed by atoms with van der Waals surface area (Å²) in [5, 5.41) is 0. The van der Waals surface area contributed by atoms with Crippen molar-refractivity contribution >= 4 is 5.91 Å². The molecule has 3 fully saturated rings. The summed E-state index contributed by atoms with van der Waals surface area (Å²) in [6.07, 6.45) is 7.14. The number of amides is 1. The quantitative estimate of drug-likeness (QED) is 0.608. The van der Waals surface area contributed by atoms with Crippen LogP contribution in [0.15, 0.2) is 0 Å². The molecule has 84 valence electrons. The lowest BCUT2D eigenvalue weighted by Gasteiger charge is -2.59. The average molecular weight is 209 g/mol. The molecule has 3 heteroatoms. The molecule has 0 unspecified atom stereocenters. The molecular formula is C12H19NO2. The SMILES string of the molecule is CC(=O)N1CC2(CCC2)OC2(CCC2)C1. The van der Waals surface area contributed by atoms with Crippen LogP contribution in [0, 0.1) is 0 Å². The van der Waals surface area contributed by atoms with Crippen molar-refractivity contribution < 1.29 is 9.53 Å². The Hall–Kier alpha value is -0.570. The number of carbonyl (C=O) groups is 1. The minimum atomic E-state index is 0.0460. The smallest absolute Gasteiger partial charge is 0.219 e. The van der Waals surface area contributed by atoms with Crippen LogP contribution in [-0.2, 0) is 9.53 Å². The number of nitrogens with zero attached hydrogens (tertiary/aromatic N) is 1. The number of hydrogen-bond acceptors (Lipinski definition) is 2. The fraction of sp³-hybridized carbons (Fsp3) is 0.917. The molecule has 0 aromatic carbocycles. The Morgan fingerprint density at radius 2 is 1.53 bits per heavy atom. The van der Waals surface area contributed by atoms with Gasteiger partial charge in [0.2, 0.25) is 5.91 Å². The highest BCUT2D eigenvalue weighted by Gasteiger charge is 2.54. The van der Waals surface area contributed by atoms with E-state index in [1.54, 1.807) is 6.92 Å². The molecule has 1 heterocycles. The lowest BCUT2D eigenvalue weighted by Crippen LogP contribution is -2.66. The van der Waals surface area contributed by atoms with Crippen LogP contribution < -0.4 is 0 Å². The van der Waals surface area contributed by atoms with Gasteiger partial charge in [0.25, 0.3) is 0 Å². The molecule has 2 saturated carbocycles. The van der Waals surface area contributed by atoms with Crippen LogP contribution in [0.5, 0.6) is 0 Å². The summed E-state index contributed by atoms with van der Waals surface area (Å²) in [5.41, 5.74) is 0.0919. The van der Waals surface area contributed by atoms with E-state index in [2.05, 4.69) is 0 Å². The van der Waals surface area contributed by atoms with Crippen LogP contribution in [0.25, 0.3) is 0 Å². The lowest BCUT2D eigenvalue weighted by atomic mass is 9.72. The Balaban J connectivity index is 1.80. The number of ether oxygens (including phenoxy) is 1. The molecule has 3 aliphatic rings. The van der Waals surface area contributed by atoms with Crippen molar-refractivity contribution in [3.8, 4) is 0 Å². The first-order valence-corrected chi connectivity index (χ1v) is 6.09. The normalized spacial score (nSPS) is 31.1. The van der Waals surface area contributed by atoms with Gasteiger partial charge in [-0.25, -0.2) is 0 Å². The summed E-state index contributed by atoms with van der Waals surface area (Å²) in [7, 11) is 0. The summed E-state index contributed by atoms with van der Waals surface area (Å²) < 4.78 is 6.32. The molecule has 0 atom stereocenters. The monoisotopic (exact) mass is 209 g/mol. The van der Waals surface area contributed by atoms with E-state index in [9.17, 15) is 4.79 Å². The summed E-state index contributed by atoms with van der Waals surface area (Å²) in [4.78, 5) is 13.5. The zero-order valence-corrected chi connectivity index (χ0v) is 9.42. The molecule has 1 aliphatic heterocycles. The van der Waals surface area contributed by atoms with Crippen LogP contribution in [0.4, 0.5) is 0 Å². The average Bonchev–Trinajstić information content (AvgIpc) is 2.12. The van der Waals surface area contributed by atoms with Gasteiger partial charge < -0.3 is 9.64 Å². The van der Waals surface area contributed by atoms with E-state index >= 15 is 0 Å². The van der Waals surface area contributed by atoms with Gasteiger partial charge >= 0.3 is 0 Å². The number of hydrogen-bond donors (Lipinski definition) is 0. The maximum absolute atomic E-state index is 11.5. The zero-order valence-electron chi connectivity index (χ0n) is 9.42. The number of rotatable bonds is 0. The highest BCUT2D eigenvalue weighted by atomic mass is 16.5. The van der Waals surface area contributed by atoms with Gasteiger partial charge in [-0.05, 0) is 38.5 Å². The third kappa shape index (κ3) is 1.40. The summed E-state index contributed by atoms with van der Waals surface area (Å²) in [6, 6.07) is 0. The van der Waals surface area contributed by atoms with Gasteiger partial charge in [0.1, 0.15) is 0 Å². The molecule has 0 N–H and O–H groups in total. The molecule has 0 aromatic heterocycles. The molecule has 0 bridgehead atoms. The standard InChI is InChI=1S/C12H19NO2/c1-10(14)13-8-11(4-2-5-11)15-12(9-13)6-3-7-12/h2-9H2,1H3. The second-order valence-electron chi connectivity index (χ2n) is 5.55. The predicted molar refractivity (Wildman–Crippen MR) is 56.5 cm³/mol. The van der Waals surface area contributed by atoms with Gasteiger partial charge in [-0.3, -0.25) is 4.79 Å². The molecule has 2 aliphatic carbocycles. The molecule has 3 nitrogen and oxygen atoms in total. The molecule has 2 spiro atoms. The Morgan fingerprint density at radius 3 is 1.80 bits per heavy atom.